The van der Waals surface area contributed by atoms with Crippen molar-refractivity contribution in [2.45, 2.75) is 50.0 Å². The van der Waals surface area contributed by atoms with Gasteiger partial charge >= 0.3 is 0 Å². The van der Waals surface area contributed by atoms with E-state index in [2.05, 4.69) is 11.6 Å². The molecule has 0 heterocycles. The molecule has 1 rings (SSSR count). The lowest BCUT2D eigenvalue weighted by Crippen LogP contribution is -2.37. The molecular weight excluding hydrogens is 182 g/mol. The van der Waals surface area contributed by atoms with Crippen LogP contribution in [0.15, 0.2) is 0 Å². The van der Waals surface area contributed by atoms with Gasteiger partial charge in [-0.15, -0.1) is 0 Å². The molecule has 1 saturated carbocycles. The quantitative estimate of drug-likeness (QED) is 0.728. The van der Waals surface area contributed by atoms with Crippen LogP contribution in [0.2, 0.25) is 0 Å². The van der Waals surface area contributed by atoms with Crippen LogP contribution in [0.1, 0.15) is 32.6 Å². The zero-order valence-corrected chi connectivity index (χ0v) is 9.44. The molecule has 0 amide bonds. The number of aliphatic hydroxyl groups is 1. The van der Waals surface area contributed by atoms with Crippen LogP contribution in [0.4, 0.5) is 0 Å². The third kappa shape index (κ3) is 4.34. The van der Waals surface area contributed by atoms with Gasteiger partial charge in [-0.25, -0.2) is 0 Å². The molecule has 3 heteroatoms. The minimum Gasteiger partial charge on any atom is -0.392 e. The van der Waals surface area contributed by atoms with Gasteiger partial charge < -0.3 is 10.4 Å². The van der Waals surface area contributed by atoms with Crippen LogP contribution in [0.5, 0.6) is 0 Å². The summed E-state index contributed by atoms with van der Waals surface area (Å²) in [6.07, 6.45) is 7.21. The first-order chi connectivity index (χ1) is 6.22. The Kier molecular flexibility index (Phi) is 5.14. The zero-order chi connectivity index (χ0) is 9.68. The fourth-order valence-corrected chi connectivity index (χ4v) is 2.58. The van der Waals surface area contributed by atoms with Crippen LogP contribution in [0.3, 0.4) is 0 Å². The molecule has 0 bridgehead atoms. The highest BCUT2D eigenvalue weighted by Gasteiger charge is 2.19. The predicted octanol–water partition coefficient (Wildman–Crippen LogP) is 1.63. The molecule has 13 heavy (non-hydrogen) atoms. The standard InChI is InChI=1S/C10H21NOS/c1-8(12)7-11-9-3-5-10(13-2)6-4-9/h8-12H,3-7H2,1-2H3/t8-,9?,10?/m0/s1. The molecule has 0 unspecified atom stereocenters. The summed E-state index contributed by atoms with van der Waals surface area (Å²) in [6.45, 7) is 2.58. The molecule has 0 spiro atoms. The molecule has 0 aromatic heterocycles. The highest BCUT2D eigenvalue weighted by atomic mass is 32.2. The molecule has 2 nitrogen and oxygen atoms in total. The van der Waals surface area contributed by atoms with Crippen LogP contribution >= 0.6 is 11.8 Å². The van der Waals surface area contributed by atoms with E-state index >= 15 is 0 Å². The lowest BCUT2D eigenvalue weighted by atomic mass is 9.95. The van der Waals surface area contributed by atoms with Gasteiger partial charge in [-0.2, -0.15) is 11.8 Å². The maximum Gasteiger partial charge on any atom is 0.0636 e. The zero-order valence-electron chi connectivity index (χ0n) is 8.62. The Hall–Kier alpha value is 0.270. The summed E-state index contributed by atoms with van der Waals surface area (Å²) in [4.78, 5) is 0. The van der Waals surface area contributed by atoms with Crippen LogP contribution < -0.4 is 5.32 Å². The Labute approximate surface area is 85.5 Å². The molecular formula is C10H21NOS. The van der Waals surface area contributed by atoms with Gasteiger partial charge in [0.1, 0.15) is 0 Å². The fraction of sp³-hybridized carbons (Fsp3) is 1.00. The molecule has 1 fully saturated rings. The third-order valence-electron chi connectivity index (χ3n) is 2.71. The Balaban J connectivity index is 2.10. The SMILES string of the molecule is CSC1CCC(NC[C@H](C)O)CC1. The molecule has 0 aromatic carbocycles. The first-order valence-electron chi connectivity index (χ1n) is 5.16. The molecule has 1 atom stereocenters. The van der Waals surface area contributed by atoms with Crippen molar-refractivity contribution in [3.05, 3.63) is 0 Å². The Morgan fingerprint density at radius 3 is 2.46 bits per heavy atom. The van der Waals surface area contributed by atoms with Crippen molar-refractivity contribution in [3.8, 4) is 0 Å². The van der Waals surface area contributed by atoms with Gasteiger partial charge in [-0.3, -0.25) is 0 Å². The van der Waals surface area contributed by atoms with E-state index in [9.17, 15) is 0 Å². The highest BCUT2D eigenvalue weighted by Crippen LogP contribution is 2.26. The Bertz CT molecular complexity index is 133. The monoisotopic (exact) mass is 203 g/mol. The lowest BCUT2D eigenvalue weighted by molar-refractivity contribution is 0.181. The number of hydrogen-bond donors (Lipinski definition) is 2. The first-order valence-corrected chi connectivity index (χ1v) is 6.45. The average molecular weight is 203 g/mol. The van der Waals surface area contributed by atoms with Crippen molar-refractivity contribution in [1.29, 1.82) is 0 Å². The second-order valence-corrected chi connectivity index (χ2v) is 5.10. The number of hydrogen-bond acceptors (Lipinski definition) is 3. The molecule has 2 N–H and O–H groups in total. The first kappa shape index (κ1) is 11.3. The van der Waals surface area contributed by atoms with E-state index in [0.29, 0.717) is 6.04 Å². The van der Waals surface area contributed by atoms with E-state index in [1.807, 2.05) is 18.7 Å². The smallest absolute Gasteiger partial charge is 0.0636 e. The van der Waals surface area contributed by atoms with E-state index in [-0.39, 0.29) is 6.10 Å². The maximum atomic E-state index is 9.11. The van der Waals surface area contributed by atoms with E-state index in [1.165, 1.54) is 25.7 Å². The number of rotatable bonds is 4. The Morgan fingerprint density at radius 2 is 2.00 bits per heavy atom. The summed E-state index contributed by atoms with van der Waals surface area (Å²) in [5.41, 5.74) is 0. The summed E-state index contributed by atoms with van der Waals surface area (Å²) in [7, 11) is 0. The number of aliphatic hydroxyl groups excluding tert-OH is 1. The van der Waals surface area contributed by atoms with Gasteiger partial charge in [-0.1, -0.05) is 0 Å². The second-order valence-electron chi connectivity index (χ2n) is 3.97. The summed E-state index contributed by atoms with van der Waals surface area (Å²) < 4.78 is 0. The van der Waals surface area contributed by atoms with Gasteiger partial charge in [-0.05, 0) is 38.9 Å². The van der Waals surface area contributed by atoms with Crippen molar-refractivity contribution in [2.75, 3.05) is 12.8 Å². The highest BCUT2D eigenvalue weighted by molar-refractivity contribution is 7.99. The molecule has 0 saturated heterocycles. The van der Waals surface area contributed by atoms with Gasteiger partial charge in [0.25, 0.3) is 0 Å². The Morgan fingerprint density at radius 1 is 1.38 bits per heavy atom. The number of thioether (sulfide) groups is 1. The molecule has 78 valence electrons. The van der Waals surface area contributed by atoms with Crippen molar-refractivity contribution in [2.24, 2.45) is 0 Å². The van der Waals surface area contributed by atoms with E-state index < -0.39 is 0 Å². The average Bonchev–Trinajstić information content (AvgIpc) is 2.15. The summed E-state index contributed by atoms with van der Waals surface area (Å²) >= 11 is 2.00. The van der Waals surface area contributed by atoms with E-state index in [4.69, 9.17) is 5.11 Å². The predicted molar refractivity (Wildman–Crippen MR) is 59.2 cm³/mol. The summed E-state index contributed by atoms with van der Waals surface area (Å²) in [6, 6.07) is 0.651. The largest absolute Gasteiger partial charge is 0.392 e. The van der Waals surface area contributed by atoms with Gasteiger partial charge in [0.05, 0.1) is 6.10 Å². The van der Waals surface area contributed by atoms with Crippen LogP contribution in [0, 0.1) is 0 Å². The maximum absolute atomic E-state index is 9.11. The van der Waals surface area contributed by atoms with E-state index in [0.717, 1.165) is 11.8 Å². The summed E-state index contributed by atoms with van der Waals surface area (Å²) in [5, 5.41) is 13.4. The minimum absolute atomic E-state index is 0.210. The lowest BCUT2D eigenvalue weighted by Gasteiger charge is -2.28. The fourth-order valence-electron chi connectivity index (χ4n) is 1.84. The molecule has 1 aliphatic rings. The van der Waals surface area contributed by atoms with Crippen LogP contribution in [0.25, 0.3) is 0 Å². The number of nitrogens with one attached hydrogen (secondary N) is 1. The van der Waals surface area contributed by atoms with Crippen molar-refractivity contribution < 1.29 is 5.11 Å². The van der Waals surface area contributed by atoms with Crippen molar-refractivity contribution in [3.63, 3.8) is 0 Å². The van der Waals surface area contributed by atoms with Crippen molar-refractivity contribution >= 4 is 11.8 Å². The summed E-state index contributed by atoms with van der Waals surface area (Å²) in [5.74, 6) is 0. The third-order valence-corrected chi connectivity index (χ3v) is 3.85. The second kappa shape index (κ2) is 5.89. The molecule has 0 aromatic rings. The van der Waals surface area contributed by atoms with Gasteiger partial charge in [0.2, 0.25) is 0 Å². The minimum atomic E-state index is -0.210. The molecule has 0 aliphatic heterocycles. The van der Waals surface area contributed by atoms with E-state index in [1.54, 1.807) is 0 Å². The normalized spacial score (nSPS) is 31.6. The van der Waals surface area contributed by atoms with Crippen LogP contribution in [-0.2, 0) is 0 Å². The molecule has 1 aliphatic carbocycles. The van der Waals surface area contributed by atoms with Gasteiger partial charge in [0, 0.05) is 17.8 Å². The van der Waals surface area contributed by atoms with Crippen LogP contribution in [-0.4, -0.2) is 35.3 Å². The van der Waals surface area contributed by atoms with Gasteiger partial charge in [0.15, 0.2) is 0 Å². The van der Waals surface area contributed by atoms with Crippen molar-refractivity contribution in [1.82, 2.24) is 5.32 Å². The molecule has 0 radical (unpaired) electrons. The topological polar surface area (TPSA) is 32.3 Å².